The number of rotatable bonds is 4. The van der Waals surface area contributed by atoms with E-state index in [9.17, 15) is 18.0 Å². The molecular formula is C23H25F3N2O. The third-order valence-corrected chi connectivity index (χ3v) is 6.25. The first-order valence-corrected chi connectivity index (χ1v) is 10.1. The maximum Gasteiger partial charge on any atom is 0.416 e. The second-order valence-electron chi connectivity index (χ2n) is 7.99. The van der Waals surface area contributed by atoms with Gasteiger partial charge >= 0.3 is 6.18 Å². The minimum Gasteiger partial charge on any atom is -0.337 e. The molecule has 0 bridgehead atoms. The average molecular weight is 402 g/mol. The average Bonchev–Trinajstić information content (AvgIpc) is 3.34. The zero-order valence-electron chi connectivity index (χ0n) is 16.5. The number of amides is 1. The van der Waals surface area contributed by atoms with E-state index in [2.05, 4.69) is 11.0 Å². The smallest absolute Gasteiger partial charge is 0.337 e. The van der Waals surface area contributed by atoms with Gasteiger partial charge in [0.1, 0.15) is 0 Å². The minimum atomic E-state index is -4.46. The van der Waals surface area contributed by atoms with Gasteiger partial charge in [-0.15, -0.1) is 0 Å². The monoisotopic (exact) mass is 402 g/mol. The van der Waals surface area contributed by atoms with E-state index < -0.39 is 11.7 Å². The van der Waals surface area contributed by atoms with Crippen LogP contribution in [-0.2, 0) is 23.8 Å². The van der Waals surface area contributed by atoms with Gasteiger partial charge in [0.15, 0.2) is 0 Å². The predicted molar refractivity (Wildman–Crippen MR) is 105 cm³/mol. The van der Waals surface area contributed by atoms with Crippen LogP contribution in [0.4, 0.5) is 13.2 Å². The Morgan fingerprint density at radius 2 is 1.72 bits per heavy atom. The van der Waals surface area contributed by atoms with E-state index in [-0.39, 0.29) is 30.0 Å². The highest BCUT2D eigenvalue weighted by Crippen LogP contribution is 2.40. The highest BCUT2D eigenvalue weighted by Gasteiger charge is 2.41. The Morgan fingerprint density at radius 3 is 2.45 bits per heavy atom. The molecule has 0 spiro atoms. The van der Waals surface area contributed by atoms with Crippen molar-refractivity contribution in [2.24, 2.45) is 0 Å². The van der Waals surface area contributed by atoms with Crippen molar-refractivity contribution in [1.82, 2.24) is 9.80 Å². The van der Waals surface area contributed by atoms with Crippen molar-refractivity contribution in [2.45, 2.75) is 43.9 Å². The van der Waals surface area contributed by atoms with Crippen LogP contribution in [0.1, 0.15) is 41.1 Å². The van der Waals surface area contributed by atoms with Gasteiger partial charge in [-0.2, -0.15) is 13.2 Å². The Labute approximate surface area is 169 Å². The number of hydrogen-bond acceptors (Lipinski definition) is 2. The first-order chi connectivity index (χ1) is 13.9. The number of likely N-dealkylation sites (tertiary alicyclic amines) is 1. The van der Waals surface area contributed by atoms with Crippen LogP contribution in [0.2, 0.25) is 0 Å². The molecular weight excluding hydrogens is 377 g/mol. The van der Waals surface area contributed by atoms with Crippen molar-refractivity contribution in [2.75, 3.05) is 20.1 Å². The lowest BCUT2D eigenvalue weighted by molar-refractivity contribution is -0.139. The summed E-state index contributed by atoms with van der Waals surface area (Å²) in [5, 5.41) is 0. The number of nitrogens with zero attached hydrogens (tertiary/aromatic N) is 2. The third kappa shape index (κ3) is 3.90. The molecule has 0 aromatic heterocycles. The second-order valence-corrected chi connectivity index (χ2v) is 7.99. The maximum absolute atomic E-state index is 13.3. The van der Waals surface area contributed by atoms with Gasteiger partial charge in [0.2, 0.25) is 5.91 Å². The molecule has 1 aliphatic heterocycles. The van der Waals surface area contributed by atoms with Crippen LogP contribution in [0, 0.1) is 0 Å². The molecule has 0 radical (unpaired) electrons. The molecule has 4 rings (SSSR count). The summed E-state index contributed by atoms with van der Waals surface area (Å²) in [6.45, 7) is 2.02. The summed E-state index contributed by atoms with van der Waals surface area (Å²) < 4.78 is 40.0. The Balaban J connectivity index is 1.60. The molecule has 3 nitrogen and oxygen atoms in total. The summed E-state index contributed by atoms with van der Waals surface area (Å²) in [7, 11) is 1.73. The summed E-state index contributed by atoms with van der Waals surface area (Å²) in [6.07, 6.45) is -1.55. The lowest BCUT2D eigenvalue weighted by Crippen LogP contribution is -2.44. The van der Waals surface area contributed by atoms with Crippen LogP contribution in [0.25, 0.3) is 0 Å². The lowest BCUT2D eigenvalue weighted by Gasteiger charge is -2.35. The number of likely N-dealkylation sites (N-methyl/N-ethyl adjacent to an activating group) is 1. The van der Waals surface area contributed by atoms with Gasteiger partial charge in [-0.05, 0) is 55.1 Å². The summed E-state index contributed by atoms with van der Waals surface area (Å²) >= 11 is 0. The van der Waals surface area contributed by atoms with Crippen LogP contribution >= 0.6 is 0 Å². The number of alkyl halides is 3. The fourth-order valence-electron chi connectivity index (χ4n) is 4.82. The quantitative estimate of drug-likeness (QED) is 0.754. The van der Waals surface area contributed by atoms with E-state index in [0.717, 1.165) is 44.0 Å². The summed E-state index contributed by atoms with van der Waals surface area (Å²) in [4.78, 5) is 17.2. The van der Waals surface area contributed by atoms with Gasteiger partial charge in [0.25, 0.3) is 0 Å². The number of halogens is 3. The number of benzene rings is 2. The molecule has 29 heavy (non-hydrogen) atoms. The largest absolute Gasteiger partial charge is 0.416 e. The van der Waals surface area contributed by atoms with Gasteiger partial charge in [0.05, 0.1) is 18.0 Å². The summed E-state index contributed by atoms with van der Waals surface area (Å²) in [6, 6.07) is 13.5. The number of carbonyl (C=O) groups excluding carboxylic acids is 1. The maximum atomic E-state index is 13.3. The van der Waals surface area contributed by atoms with Gasteiger partial charge in [-0.1, -0.05) is 42.5 Å². The van der Waals surface area contributed by atoms with Gasteiger partial charge in [0, 0.05) is 13.1 Å². The van der Waals surface area contributed by atoms with Gasteiger partial charge in [-0.25, -0.2) is 0 Å². The highest BCUT2D eigenvalue weighted by molar-refractivity contribution is 5.79. The zero-order chi connectivity index (χ0) is 20.6. The van der Waals surface area contributed by atoms with Crippen LogP contribution in [0.5, 0.6) is 0 Å². The molecule has 1 fully saturated rings. The minimum absolute atomic E-state index is 0.0286. The summed E-state index contributed by atoms with van der Waals surface area (Å²) in [5.41, 5.74) is 1.64. The molecule has 1 saturated heterocycles. The molecule has 6 heteroatoms. The molecule has 0 saturated carbocycles. The molecule has 154 valence electrons. The molecule has 2 unspecified atom stereocenters. The van der Waals surface area contributed by atoms with Crippen LogP contribution in [-0.4, -0.2) is 41.9 Å². The molecule has 2 aliphatic rings. The van der Waals surface area contributed by atoms with E-state index >= 15 is 0 Å². The van der Waals surface area contributed by atoms with Crippen molar-refractivity contribution in [3.63, 3.8) is 0 Å². The molecule has 2 atom stereocenters. The first-order valence-electron chi connectivity index (χ1n) is 10.1. The van der Waals surface area contributed by atoms with Crippen LogP contribution in [0.3, 0.4) is 0 Å². The molecule has 1 amide bonds. The molecule has 1 heterocycles. The predicted octanol–water partition coefficient (Wildman–Crippen LogP) is 4.47. The van der Waals surface area contributed by atoms with Gasteiger partial charge in [-0.3, -0.25) is 9.69 Å². The Morgan fingerprint density at radius 1 is 1.07 bits per heavy atom. The molecule has 1 aliphatic carbocycles. The standard InChI is InChI=1S/C23H25F3N2O/c1-27(21(29)15-17-9-3-5-11-19(17)23(24,25)26)22-18-10-4-2-8-16(18)14-20(22)28-12-6-7-13-28/h2-5,8-11,20,22H,6-7,12-15H2,1H3. The normalized spacial score (nSPS) is 21.9. The van der Waals surface area contributed by atoms with E-state index in [1.165, 1.54) is 17.7 Å². The third-order valence-electron chi connectivity index (χ3n) is 6.25. The van der Waals surface area contributed by atoms with E-state index in [1.807, 2.05) is 18.2 Å². The van der Waals surface area contributed by atoms with E-state index in [0.29, 0.717) is 0 Å². The topological polar surface area (TPSA) is 23.6 Å². The lowest BCUT2D eigenvalue weighted by atomic mass is 10.0. The van der Waals surface area contributed by atoms with Crippen molar-refractivity contribution in [3.8, 4) is 0 Å². The Hall–Kier alpha value is -2.34. The van der Waals surface area contributed by atoms with Crippen LogP contribution < -0.4 is 0 Å². The highest BCUT2D eigenvalue weighted by atomic mass is 19.4. The zero-order valence-corrected chi connectivity index (χ0v) is 16.5. The SMILES string of the molecule is CN(C(=O)Cc1ccccc1C(F)(F)F)C1c2ccccc2CC1N1CCCC1. The molecule has 2 aromatic carbocycles. The number of fused-ring (bicyclic) bond motifs is 1. The molecule has 0 N–H and O–H groups in total. The second kappa shape index (κ2) is 7.82. The molecule has 2 aromatic rings. The number of hydrogen-bond donors (Lipinski definition) is 0. The summed E-state index contributed by atoms with van der Waals surface area (Å²) in [5.74, 6) is -0.285. The Kier molecular flexibility index (Phi) is 5.38. The van der Waals surface area contributed by atoms with E-state index in [4.69, 9.17) is 0 Å². The van der Waals surface area contributed by atoms with E-state index in [1.54, 1.807) is 18.0 Å². The van der Waals surface area contributed by atoms with Crippen molar-refractivity contribution in [3.05, 3.63) is 70.8 Å². The van der Waals surface area contributed by atoms with Crippen molar-refractivity contribution >= 4 is 5.91 Å². The first kappa shape index (κ1) is 20.0. The van der Waals surface area contributed by atoms with Gasteiger partial charge < -0.3 is 4.90 Å². The van der Waals surface area contributed by atoms with Crippen molar-refractivity contribution in [1.29, 1.82) is 0 Å². The number of carbonyl (C=O) groups is 1. The Bertz CT molecular complexity index is 890. The fourth-order valence-corrected chi connectivity index (χ4v) is 4.82. The van der Waals surface area contributed by atoms with Crippen molar-refractivity contribution < 1.29 is 18.0 Å². The van der Waals surface area contributed by atoms with Crippen LogP contribution in [0.15, 0.2) is 48.5 Å². The fraction of sp³-hybridized carbons (Fsp3) is 0.435.